The van der Waals surface area contributed by atoms with Gasteiger partial charge in [0.05, 0.1) is 6.54 Å². The molecule has 0 radical (unpaired) electrons. The fourth-order valence-corrected chi connectivity index (χ4v) is 1.60. The van der Waals surface area contributed by atoms with E-state index in [0.29, 0.717) is 12.1 Å². The highest BCUT2D eigenvalue weighted by Crippen LogP contribution is 2.04. The third-order valence-corrected chi connectivity index (χ3v) is 2.62. The van der Waals surface area contributed by atoms with Gasteiger partial charge in [-0.2, -0.15) is 0 Å². The van der Waals surface area contributed by atoms with E-state index in [0.717, 1.165) is 11.4 Å². The fourth-order valence-electron chi connectivity index (χ4n) is 1.60. The Kier molecular flexibility index (Phi) is 3.27. The Bertz CT molecular complexity index is 655. The quantitative estimate of drug-likeness (QED) is 0.818. The second-order valence-electron chi connectivity index (χ2n) is 4.00. The Balaban J connectivity index is 2.31. The summed E-state index contributed by atoms with van der Waals surface area (Å²) in [6.45, 7) is 2.05. The average molecular weight is 246 g/mol. The van der Waals surface area contributed by atoms with Gasteiger partial charge in [0, 0.05) is 25.0 Å². The highest BCUT2D eigenvalue weighted by atomic mass is 16.2. The molecule has 0 atom stereocenters. The molecule has 0 unspecified atom stereocenters. The lowest BCUT2D eigenvalue weighted by atomic mass is 10.2. The van der Waals surface area contributed by atoms with Gasteiger partial charge in [0.2, 0.25) is 0 Å². The van der Waals surface area contributed by atoms with Gasteiger partial charge in [0.15, 0.2) is 0 Å². The van der Waals surface area contributed by atoms with Crippen molar-refractivity contribution in [3.63, 3.8) is 0 Å². The molecule has 18 heavy (non-hydrogen) atoms. The van der Waals surface area contributed by atoms with Crippen molar-refractivity contribution in [2.45, 2.75) is 13.5 Å². The normalized spacial score (nSPS) is 10.3. The number of aromatic nitrogens is 3. The third-order valence-electron chi connectivity index (χ3n) is 2.62. The van der Waals surface area contributed by atoms with E-state index >= 15 is 0 Å². The number of aromatic amines is 1. The van der Waals surface area contributed by atoms with Crippen LogP contribution in [0.4, 0.5) is 5.82 Å². The average Bonchev–Trinajstić information content (AvgIpc) is 2.37. The maximum Gasteiger partial charge on any atom is 0.328 e. The first-order valence-corrected chi connectivity index (χ1v) is 5.53. The minimum atomic E-state index is -0.414. The minimum absolute atomic E-state index is 0.347. The Labute approximate surface area is 103 Å². The van der Waals surface area contributed by atoms with Gasteiger partial charge in [-0.1, -0.05) is 6.07 Å². The molecule has 0 spiro atoms. The molecule has 6 nitrogen and oxygen atoms in total. The Morgan fingerprint density at radius 3 is 2.78 bits per heavy atom. The van der Waals surface area contributed by atoms with Crippen molar-refractivity contribution in [3.05, 3.63) is 56.5 Å². The third kappa shape index (κ3) is 2.48. The van der Waals surface area contributed by atoms with Crippen molar-refractivity contribution < 1.29 is 0 Å². The van der Waals surface area contributed by atoms with Crippen LogP contribution in [-0.2, 0) is 6.54 Å². The first kappa shape index (κ1) is 12.1. The van der Waals surface area contributed by atoms with E-state index < -0.39 is 5.69 Å². The summed E-state index contributed by atoms with van der Waals surface area (Å²) in [7, 11) is 1.79. The largest absolute Gasteiger partial charge is 0.373 e. The molecule has 0 saturated heterocycles. The van der Waals surface area contributed by atoms with Crippen LogP contribution in [0.3, 0.4) is 0 Å². The zero-order valence-electron chi connectivity index (χ0n) is 10.2. The highest BCUT2D eigenvalue weighted by molar-refractivity contribution is 5.34. The zero-order valence-corrected chi connectivity index (χ0v) is 10.2. The van der Waals surface area contributed by atoms with Gasteiger partial charge < -0.3 is 5.32 Å². The van der Waals surface area contributed by atoms with Crippen LogP contribution in [0.15, 0.2) is 34.1 Å². The van der Waals surface area contributed by atoms with Crippen molar-refractivity contribution in [1.29, 1.82) is 0 Å². The molecule has 0 aliphatic carbocycles. The minimum Gasteiger partial charge on any atom is -0.373 e. The first-order valence-electron chi connectivity index (χ1n) is 5.53. The summed E-state index contributed by atoms with van der Waals surface area (Å²) < 4.78 is 1.45. The van der Waals surface area contributed by atoms with E-state index in [9.17, 15) is 9.59 Å². The predicted octanol–water partition coefficient (Wildman–Crippen LogP) is 0.330. The SMILES string of the molecule is CNc1ccc(Cn2cc(C)c(=O)[nH]c2=O)cn1. The fraction of sp³-hybridized carbons (Fsp3) is 0.250. The van der Waals surface area contributed by atoms with Crippen molar-refractivity contribution in [3.8, 4) is 0 Å². The first-order chi connectivity index (χ1) is 8.60. The number of hydrogen-bond donors (Lipinski definition) is 2. The second kappa shape index (κ2) is 4.87. The standard InChI is InChI=1S/C12H14N4O2/c1-8-6-16(12(18)15-11(8)17)7-9-3-4-10(13-2)14-5-9/h3-6H,7H2,1-2H3,(H,13,14)(H,15,17,18). The lowest BCUT2D eigenvalue weighted by Crippen LogP contribution is -2.31. The molecule has 0 aromatic carbocycles. The number of H-pyrrole nitrogens is 1. The number of rotatable bonds is 3. The summed E-state index contributed by atoms with van der Waals surface area (Å²) in [5, 5.41) is 2.92. The van der Waals surface area contributed by atoms with Crippen molar-refractivity contribution >= 4 is 5.82 Å². The summed E-state index contributed by atoms with van der Waals surface area (Å²) in [4.78, 5) is 29.3. The van der Waals surface area contributed by atoms with Crippen LogP contribution in [0.1, 0.15) is 11.1 Å². The van der Waals surface area contributed by atoms with E-state index in [1.54, 1.807) is 26.4 Å². The molecule has 94 valence electrons. The maximum atomic E-state index is 11.6. The van der Waals surface area contributed by atoms with E-state index in [2.05, 4.69) is 15.3 Å². The van der Waals surface area contributed by atoms with Crippen LogP contribution < -0.4 is 16.6 Å². The van der Waals surface area contributed by atoms with Crippen LogP contribution in [0.2, 0.25) is 0 Å². The molecule has 6 heteroatoms. The molecule has 0 aliphatic rings. The molecular weight excluding hydrogens is 232 g/mol. The summed E-state index contributed by atoms with van der Waals surface area (Å²) in [6, 6.07) is 3.71. The number of aryl methyl sites for hydroxylation is 1. The summed E-state index contributed by atoms with van der Waals surface area (Å²) in [6.07, 6.45) is 3.24. The van der Waals surface area contributed by atoms with Crippen LogP contribution in [0.5, 0.6) is 0 Å². The molecule has 2 heterocycles. The Morgan fingerprint density at radius 1 is 1.39 bits per heavy atom. The summed E-state index contributed by atoms with van der Waals surface area (Å²) >= 11 is 0. The molecule has 0 bridgehead atoms. The van der Waals surface area contributed by atoms with Crippen molar-refractivity contribution in [1.82, 2.24) is 14.5 Å². The monoisotopic (exact) mass is 246 g/mol. The zero-order chi connectivity index (χ0) is 13.1. The van der Waals surface area contributed by atoms with Crippen LogP contribution >= 0.6 is 0 Å². The molecule has 2 N–H and O–H groups in total. The molecule has 0 saturated carbocycles. The van der Waals surface area contributed by atoms with Gasteiger partial charge in [-0.15, -0.1) is 0 Å². The van der Waals surface area contributed by atoms with E-state index in [-0.39, 0.29) is 5.56 Å². The predicted molar refractivity (Wildman–Crippen MR) is 68.9 cm³/mol. The maximum absolute atomic E-state index is 11.6. The molecule has 2 aromatic rings. The lowest BCUT2D eigenvalue weighted by molar-refractivity contribution is 0.711. The molecule has 0 aliphatic heterocycles. The van der Waals surface area contributed by atoms with E-state index in [1.165, 1.54) is 4.57 Å². The highest BCUT2D eigenvalue weighted by Gasteiger charge is 2.02. The van der Waals surface area contributed by atoms with Gasteiger partial charge in [-0.3, -0.25) is 14.3 Å². The molecule has 2 aromatic heterocycles. The van der Waals surface area contributed by atoms with E-state index in [4.69, 9.17) is 0 Å². The van der Waals surface area contributed by atoms with Crippen LogP contribution in [-0.4, -0.2) is 21.6 Å². The van der Waals surface area contributed by atoms with Crippen molar-refractivity contribution in [2.75, 3.05) is 12.4 Å². The topological polar surface area (TPSA) is 79.8 Å². The molecule has 0 fully saturated rings. The smallest absolute Gasteiger partial charge is 0.328 e. The summed E-state index contributed by atoms with van der Waals surface area (Å²) in [5.74, 6) is 0.767. The number of anilines is 1. The van der Waals surface area contributed by atoms with Crippen molar-refractivity contribution in [2.24, 2.45) is 0 Å². The van der Waals surface area contributed by atoms with Gasteiger partial charge >= 0.3 is 5.69 Å². The van der Waals surface area contributed by atoms with E-state index in [1.807, 2.05) is 12.1 Å². The Morgan fingerprint density at radius 2 is 2.17 bits per heavy atom. The van der Waals surface area contributed by atoms with Gasteiger partial charge in [-0.25, -0.2) is 9.78 Å². The molecule has 0 amide bonds. The number of nitrogens with zero attached hydrogens (tertiary/aromatic N) is 2. The summed E-state index contributed by atoms with van der Waals surface area (Å²) in [5.41, 5.74) is 0.639. The van der Waals surface area contributed by atoms with Crippen LogP contribution in [0.25, 0.3) is 0 Å². The number of pyridine rings is 1. The number of hydrogen-bond acceptors (Lipinski definition) is 4. The second-order valence-corrected chi connectivity index (χ2v) is 4.00. The van der Waals surface area contributed by atoms with Gasteiger partial charge in [0.1, 0.15) is 5.82 Å². The molecule has 2 rings (SSSR count). The van der Waals surface area contributed by atoms with Gasteiger partial charge in [-0.05, 0) is 18.6 Å². The van der Waals surface area contributed by atoms with Crippen LogP contribution in [0, 0.1) is 6.92 Å². The Hall–Kier alpha value is -2.37. The lowest BCUT2D eigenvalue weighted by Gasteiger charge is -2.06. The van der Waals surface area contributed by atoms with Gasteiger partial charge in [0.25, 0.3) is 5.56 Å². The number of nitrogens with one attached hydrogen (secondary N) is 2. The molecular formula is C12H14N4O2.